The average Bonchev–Trinajstić information content (AvgIpc) is 3.04. The van der Waals surface area contributed by atoms with Gasteiger partial charge in [-0.05, 0) is 37.0 Å². The van der Waals surface area contributed by atoms with Crippen molar-refractivity contribution in [2.45, 2.75) is 31.4 Å². The molecule has 0 amide bonds. The van der Waals surface area contributed by atoms with Crippen LogP contribution in [0.4, 0.5) is 0 Å². The fourth-order valence-electron chi connectivity index (χ4n) is 3.73. The summed E-state index contributed by atoms with van der Waals surface area (Å²) in [5.74, 6) is 0.591. The Labute approximate surface area is 107 Å². The molecule has 3 atom stereocenters. The number of aryl methyl sites for hydroxylation is 1. The molecule has 1 aromatic carbocycles. The molecule has 2 heterocycles. The number of aliphatic hydroxyl groups excluding tert-OH is 1. The van der Waals surface area contributed by atoms with E-state index in [-0.39, 0.29) is 11.5 Å². The van der Waals surface area contributed by atoms with E-state index in [1.165, 1.54) is 11.3 Å². The molecule has 18 heavy (non-hydrogen) atoms. The van der Waals surface area contributed by atoms with Crippen LogP contribution in [0.15, 0.2) is 42.5 Å². The Balaban J connectivity index is 1.84. The van der Waals surface area contributed by atoms with Crippen molar-refractivity contribution in [1.29, 1.82) is 0 Å². The summed E-state index contributed by atoms with van der Waals surface area (Å²) in [4.78, 5) is 0. The average molecular weight is 239 g/mol. The lowest BCUT2D eigenvalue weighted by Gasteiger charge is -2.31. The van der Waals surface area contributed by atoms with Crippen molar-refractivity contribution in [3.05, 3.63) is 59.4 Å². The summed E-state index contributed by atoms with van der Waals surface area (Å²) in [6.07, 6.45) is 0.756. The van der Waals surface area contributed by atoms with Crippen molar-refractivity contribution < 1.29 is 5.11 Å². The van der Waals surface area contributed by atoms with Crippen molar-refractivity contribution in [2.75, 3.05) is 0 Å². The molecule has 2 heteroatoms. The Bertz CT molecular complexity index is 601. The highest BCUT2D eigenvalue weighted by Gasteiger charge is 2.62. The summed E-state index contributed by atoms with van der Waals surface area (Å²) in [6, 6.07) is 14.7. The Morgan fingerprint density at radius 1 is 1.17 bits per heavy atom. The van der Waals surface area contributed by atoms with E-state index in [4.69, 9.17) is 0 Å². The summed E-state index contributed by atoms with van der Waals surface area (Å²) in [7, 11) is 0. The first-order valence-electron chi connectivity index (χ1n) is 6.63. The van der Waals surface area contributed by atoms with Crippen LogP contribution in [0.25, 0.3) is 0 Å². The topological polar surface area (TPSA) is 25.2 Å². The molecule has 0 radical (unpaired) electrons. The number of aliphatic hydroxyl groups is 1. The number of benzene rings is 1. The number of hydrogen-bond donors (Lipinski definition) is 1. The maximum atomic E-state index is 10.8. The minimum atomic E-state index is -0.354. The van der Waals surface area contributed by atoms with Crippen molar-refractivity contribution in [3.8, 4) is 0 Å². The third-order valence-corrected chi connectivity index (χ3v) is 4.87. The Morgan fingerprint density at radius 3 is 2.72 bits per heavy atom. The maximum absolute atomic E-state index is 10.8. The number of rotatable bonds is 1. The van der Waals surface area contributed by atoms with Crippen LogP contribution in [0, 0.1) is 12.8 Å². The highest BCUT2D eigenvalue weighted by molar-refractivity contribution is 5.41. The van der Waals surface area contributed by atoms with E-state index < -0.39 is 0 Å². The van der Waals surface area contributed by atoms with E-state index in [1.807, 2.05) is 6.07 Å². The summed E-state index contributed by atoms with van der Waals surface area (Å²) in [6.45, 7) is 3.17. The van der Waals surface area contributed by atoms with Crippen LogP contribution in [0.3, 0.4) is 0 Å². The highest BCUT2D eigenvalue weighted by Crippen LogP contribution is 2.64. The van der Waals surface area contributed by atoms with Crippen LogP contribution in [0.2, 0.25) is 0 Å². The van der Waals surface area contributed by atoms with E-state index in [1.54, 1.807) is 0 Å². The summed E-state index contributed by atoms with van der Waals surface area (Å²) < 4.78 is 2.28. The smallest absolute Gasteiger partial charge is 0.104 e. The first-order chi connectivity index (χ1) is 8.73. The largest absolute Gasteiger partial charge is 0.386 e. The molecule has 3 unspecified atom stereocenters. The zero-order valence-electron chi connectivity index (χ0n) is 10.5. The quantitative estimate of drug-likeness (QED) is 0.813. The van der Waals surface area contributed by atoms with Gasteiger partial charge in [0.2, 0.25) is 0 Å². The third kappa shape index (κ3) is 1.12. The molecule has 0 bridgehead atoms. The van der Waals surface area contributed by atoms with Gasteiger partial charge in [0.05, 0.1) is 0 Å². The fourth-order valence-corrected chi connectivity index (χ4v) is 3.73. The minimum absolute atomic E-state index is 0.0119. The van der Waals surface area contributed by atoms with Gasteiger partial charge in [-0.1, -0.05) is 30.3 Å². The molecular weight excluding hydrogens is 222 g/mol. The summed E-state index contributed by atoms with van der Waals surface area (Å²) in [5.41, 5.74) is 3.64. The van der Waals surface area contributed by atoms with E-state index in [0.29, 0.717) is 5.92 Å². The van der Waals surface area contributed by atoms with E-state index in [0.717, 1.165) is 18.7 Å². The van der Waals surface area contributed by atoms with Gasteiger partial charge in [0.15, 0.2) is 0 Å². The molecule has 2 nitrogen and oxygen atoms in total. The third-order valence-electron chi connectivity index (χ3n) is 4.87. The minimum Gasteiger partial charge on any atom is -0.386 e. The lowest BCUT2D eigenvalue weighted by atomic mass is 9.84. The predicted octanol–water partition coefficient (Wildman–Crippen LogP) is 2.80. The van der Waals surface area contributed by atoms with Crippen molar-refractivity contribution in [3.63, 3.8) is 0 Å². The van der Waals surface area contributed by atoms with Crippen LogP contribution in [0.1, 0.15) is 29.5 Å². The molecule has 1 N–H and O–H groups in total. The second-order valence-corrected chi connectivity index (χ2v) is 5.72. The van der Waals surface area contributed by atoms with Crippen LogP contribution >= 0.6 is 0 Å². The van der Waals surface area contributed by atoms with Crippen molar-refractivity contribution >= 4 is 0 Å². The van der Waals surface area contributed by atoms with Gasteiger partial charge in [0.25, 0.3) is 0 Å². The summed E-state index contributed by atoms with van der Waals surface area (Å²) in [5, 5.41) is 10.8. The van der Waals surface area contributed by atoms with Gasteiger partial charge in [-0.3, -0.25) is 0 Å². The first kappa shape index (κ1) is 10.4. The summed E-state index contributed by atoms with van der Waals surface area (Å²) >= 11 is 0. The number of aromatic nitrogens is 1. The van der Waals surface area contributed by atoms with Gasteiger partial charge in [-0.2, -0.15) is 0 Å². The predicted molar refractivity (Wildman–Crippen MR) is 70.4 cm³/mol. The van der Waals surface area contributed by atoms with Gasteiger partial charge in [0, 0.05) is 23.3 Å². The Kier molecular flexibility index (Phi) is 1.89. The molecule has 0 saturated heterocycles. The van der Waals surface area contributed by atoms with Crippen LogP contribution < -0.4 is 0 Å². The molecule has 1 aliphatic heterocycles. The second-order valence-electron chi connectivity index (χ2n) is 5.72. The second kappa shape index (κ2) is 3.27. The molecule has 1 aromatic heterocycles. The first-order valence-corrected chi connectivity index (χ1v) is 6.63. The van der Waals surface area contributed by atoms with E-state index >= 15 is 0 Å². The SMILES string of the molecule is Cc1ccc2n1CC1CC1(c1ccccc1)C2O. The molecule has 1 aliphatic carbocycles. The van der Waals surface area contributed by atoms with Gasteiger partial charge in [-0.25, -0.2) is 0 Å². The zero-order valence-corrected chi connectivity index (χ0v) is 10.5. The standard InChI is InChI=1S/C16H17NO/c1-11-7-8-14-15(18)16(9-13(16)10-17(11)14)12-5-3-2-4-6-12/h2-8,13,15,18H,9-10H2,1H3. The fraction of sp³-hybridized carbons (Fsp3) is 0.375. The Morgan fingerprint density at radius 2 is 1.94 bits per heavy atom. The zero-order chi connectivity index (χ0) is 12.3. The van der Waals surface area contributed by atoms with E-state index in [2.05, 4.69) is 47.9 Å². The van der Waals surface area contributed by atoms with Crippen LogP contribution in [0.5, 0.6) is 0 Å². The van der Waals surface area contributed by atoms with Gasteiger partial charge in [0.1, 0.15) is 6.10 Å². The molecular formula is C16H17NO. The molecule has 0 spiro atoms. The van der Waals surface area contributed by atoms with Crippen molar-refractivity contribution in [1.82, 2.24) is 4.57 Å². The van der Waals surface area contributed by atoms with Gasteiger partial charge in [-0.15, -0.1) is 0 Å². The number of nitrogens with zero attached hydrogens (tertiary/aromatic N) is 1. The number of fused-ring (bicyclic) bond motifs is 2. The van der Waals surface area contributed by atoms with Crippen LogP contribution in [-0.4, -0.2) is 9.67 Å². The maximum Gasteiger partial charge on any atom is 0.104 e. The van der Waals surface area contributed by atoms with Gasteiger partial charge >= 0.3 is 0 Å². The molecule has 1 saturated carbocycles. The molecule has 4 rings (SSSR count). The lowest BCUT2D eigenvalue weighted by molar-refractivity contribution is 0.101. The molecule has 2 aromatic rings. The molecule has 2 aliphatic rings. The van der Waals surface area contributed by atoms with Gasteiger partial charge < -0.3 is 9.67 Å². The number of hydrogen-bond acceptors (Lipinski definition) is 1. The van der Waals surface area contributed by atoms with Crippen molar-refractivity contribution in [2.24, 2.45) is 5.92 Å². The Hall–Kier alpha value is -1.54. The van der Waals surface area contributed by atoms with Crippen LogP contribution in [-0.2, 0) is 12.0 Å². The molecule has 92 valence electrons. The lowest BCUT2D eigenvalue weighted by Crippen LogP contribution is -2.29. The highest BCUT2D eigenvalue weighted by atomic mass is 16.3. The monoisotopic (exact) mass is 239 g/mol. The normalized spacial score (nSPS) is 32.8. The molecule has 1 fully saturated rings. The van der Waals surface area contributed by atoms with E-state index in [9.17, 15) is 5.11 Å².